The standard InChI is InChI=1S/C30H22F2N2O4/c1-18-15-20(10-13-25(18)38-17-19-7-3-2-4-8-19)28(35)26-27(23-9-5-6-14-33-23)34(30(37)29(26)36)24-12-11-21(31)16-22(24)32/h2-16,27,35H,17H2,1H3/b28-26+. The number of halogens is 2. The number of aryl methyl sites for hydroxylation is 1. The Labute approximate surface area is 217 Å². The van der Waals surface area contributed by atoms with E-state index in [0.29, 0.717) is 24.0 Å². The van der Waals surface area contributed by atoms with Crippen LogP contribution in [0.4, 0.5) is 14.5 Å². The summed E-state index contributed by atoms with van der Waals surface area (Å²) in [6.45, 7) is 2.14. The molecule has 190 valence electrons. The van der Waals surface area contributed by atoms with Gasteiger partial charge in [-0.25, -0.2) is 8.78 Å². The molecule has 3 aromatic carbocycles. The van der Waals surface area contributed by atoms with Gasteiger partial charge in [0.1, 0.15) is 35.8 Å². The van der Waals surface area contributed by atoms with Gasteiger partial charge in [-0.2, -0.15) is 0 Å². The molecule has 5 rings (SSSR count). The Balaban J connectivity index is 1.56. The second-order valence-corrected chi connectivity index (χ2v) is 8.77. The van der Waals surface area contributed by atoms with Gasteiger partial charge in [-0.05, 0) is 60.5 Å². The summed E-state index contributed by atoms with van der Waals surface area (Å²) >= 11 is 0. The molecule has 0 radical (unpaired) electrons. The van der Waals surface area contributed by atoms with Gasteiger partial charge >= 0.3 is 0 Å². The van der Waals surface area contributed by atoms with Crippen LogP contribution in [0.15, 0.2) is 96.7 Å². The van der Waals surface area contributed by atoms with Gasteiger partial charge in [0.25, 0.3) is 11.7 Å². The van der Waals surface area contributed by atoms with Crippen LogP contribution in [0.3, 0.4) is 0 Å². The minimum absolute atomic E-state index is 0.233. The topological polar surface area (TPSA) is 79.7 Å². The molecule has 1 aliphatic rings. The molecule has 1 atom stereocenters. The first-order valence-corrected chi connectivity index (χ1v) is 11.8. The van der Waals surface area contributed by atoms with Crippen LogP contribution in [-0.4, -0.2) is 21.8 Å². The van der Waals surface area contributed by atoms with Crippen molar-refractivity contribution >= 4 is 23.1 Å². The molecule has 38 heavy (non-hydrogen) atoms. The van der Waals surface area contributed by atoms with E-state index in [1.807, 2.05) is 30.3 Å². The van der Waals surface area contributed by atoms with Gasteiger partial charge in [-0.3, -0.25) is 19.5 Å². The molecule has 1 aliphatic heterocycles. The summed E-state index contributed by atoms with van der Waals surface area (Å²) in [5.74, 6) is -3.79. The first-order valence-electron chi connectivity index (χ1n) is 11.8. The van der Waals surface area contributed by atoms with E-state index < -0.39 is 35.1 Å². The summed E-state index contributed by atoms with van der Waals surface area (Å²) in [6.07, 6.45) is 1.46. The Morgan fingerprint density at radius 2 is 1.74 bits per heavy atom. The van der Waals surface area contributed by atoms with Crippen LogP contribution >= 0.6 is 0 Å². The molecule has 2 heterocycles. The van der Waals surface area contributed by atoms with E-state index in [9.17, 15) is 23.5 Å². The summed E-state index contributed by atoms with van der Waals surface area (Å²) < 4.78 is 34.3. The number of carbonyl (C=O) groups is 2. The molecule has 1 N–H and O–H groups in total. The van der Waals surface area contributed by atoms with Crippen LogP contribution in [0, 0.1) is 18.6 Å². The van der Waals surface area contributed by atoms with Crippen LogP contribution in [0.1, 0.15) is 28.4 Å². The number of hydrogen-bond acceptors (Lipinski definition) is 5. The van der Waals surface area contributed by atoms with Crippen molar-refractivity contribution in [3.8, 4) is 5.75 Å². The van der Waals surface area contributed by atoms with Crippen LogP contribution in [0.25, 0.3) is 5.76 Å². The maximum Gasteiger partial charge on any atom is 0.300 e. The Hall–Kier alpha value is -4.85. The van der Waals surface area contributed by atoms with Crippen molar-refractivity contribution < 1.29 is 28.2 Å². The van der Waals surface area contributed by atoms with Crippen LogP contribution in [0.5, 0.6) is 5.75 Å². The van der Waals surface area contributed by atoms with Gasteiger partial charge in [0, 0.05) is 17.8 Å². The van der Waals surface area contributed by atoms with E-state index in [-0.39, 0.29) is 22.5 Å². The van der Waals surface area contributed by atoms with E-state index in [0.717, 1.165) is 22.6 Å². The van der Waals surface area contributed by atoms with Crippen molar-refractivity contribution in [3.05, 3.63) is 131 Å². The zero-order chi connectivity index (χ0) is 26.8. The second kappa shape index (κ2) is 10.3. The molecule has 1 saturated heterocycles. The lowest BCUT2D eigenvalue weighted by molar-refractivity contribution is -0.132. The van der Waals surface area contributed by atoms with Crippen molar-refractivity contribution in [2.75, 3.05) is 4.90 Å². The molecule has 0 saturated carbocycles. The van der Waals surface area contributed by atoms with Crippen LogP contribution in [0.2, 0.25) is 0 Å². The van der Waals surface area contributed by atoms with Crippen molar-refractivity contribution in [3.63, 3.8) is 0 Å². The maximum absolute atomic E-state index is 14.8. The lowest BCUT2D eigenvalue weighted by Gasteiger charge is -2.25. The number of rotatable bonds is 6. The molecule has 1 aromatic heterocycles. The number of benzene rings is 3. The normalized spacial score (nSPS) is 16.6. The minimum Gasteiger partial charge on any atom is -0.507 e. The zero-order valence-corrected chi connectivity index (χ0v) is 20.3. The fraction of sp³-hybridized carbons (Fsp3) is 0.100. The van der Waals surface area contributed by atoms with E-state index >= 15 is 0 Å². The Bertz CT molecular complexity index is 1560. The molecule has 1 unspecified atom stereocenters. The molecule has 1 amide bonds. The fourth-order valence-corrected chi connectivity index (χ4v) is 4.42. The highest BCUT2D eigenvalue weighted by atomic mass is 19.1. The van der Waals surface area contributed by atoms with Crippen molar-refractivity contribution in [2.45, 2.75) is 19.6 Å². The molecule has 4 aromatic rings. The van der Waals surface area contributed by atoms with Crippen molar-refractivity contribution in [1.29, 1.82) is 0 Å². The van der Waals surface area contributed by atoms with Gasteiger partial charge in [-0.1, -0.05) is 36.4 Å². The van der Waals surface area contributed by atoms with E-state index in [1.54, 1.807) is 43.3 Å². The number of nitrogens with zero attached hydrogens (tertiary/aromatic N) is 2. The highest BCUT2D eigenvalue weighted by molar-refractivity contribution is 6.51. The van der Waals surface area contributed by atoms with Crippen LogP contribution in [-0.2, 0) is 16.2 Å². The fourth-order valence-electron chi connectivity index (χ4n) is 4.42. The highest BCUT2D eigenvalue weighted by Crippen LogP contribution is 2.42. The van der Waals surface area contributed by atoms with E-state index in [2.05, 4.69) is 4.98 Å². The quantitative estimate of drug-likeness (QED) is 0.199. The zero-order valence-electron chi connectivity index (χ0n) is 20.3. The average Bonchev–Trinajstić information content (AvgIpc) is 3.18. The largest absolute Gasteiger partial charge is 0.507 e. The lowest BCUT2D eigenvalue weighted by atomic mass is 9.97. The Kier molecular flexibility index (Phi) is 6.70. The predicted octanol–water partition coefficient (Wildman–Crippen LogP) is 5.87. The summed E-state index contributed by atoms with van der Waals surface area (Å²) in [5, 5.41) is 11.3. The van der Waals surface area contributed by atoms with Gasteiger partial charge < -0.3 is 9.84 Å². The number of amides is 1. The number of Topliss-reactive ketones (excluding diaryl/α,β-unsaturated/α-hetero) is 1. The number of ether oxygens (including phenoxy) is 1. The van der Waals surface area contributed by atoms with E-state index in [4.69, 9.17) is 4.74 Å². The number of aliphatic hydroxyl groups excluding tert-OH is 1. The molecule has 0 aliphatic carbocycles. The predicted molar refractivity (Wildman–Crippen MR) is 137 cm³/mol. The summed E-state index contributed by atoms with van der Waals surface area (Å²) in [4.78, 5) is 31.5. The highest BCUT2D eigenvalue weighted by Gasteiger charge is 2.48. The van der Waals surface area contributed by atoms with E-state index in [1.165, 1.54) is 6.20 Å². The molecule has 6 nitrogen and oxygen atoms in total. The smallest absolute Gasteiger partial charge is 0.300 e. The number of hydrogen-bond donors (Lipinski definition) is 1. The third kappa shape index (κ3) is 4.64. The summed E-state index contributed by atoms with van der Waals surface area (Å²) in [6, 6.07) is 20.8. The number of carbonyl (C=O) groups excluding carboxylic acids is 2. The number of aromatic nitrogens is 1. The van der Waals surface area contributed by atoms with Crippen LogP contribution < -0.4 is 9.64 Å². The van der Waals surface area contributed by atoms with Gasteiger partial charge in [0.15, 0.2) is 0 Å². The van der Waals surface area contributed by atoms with Gasteiger partial charge in [0.05, 0.1) is 17.0 Å². The number of aliphatic hydroxyl groups is 1. The van der Waals surface area contributed by atoms with Gasteiger partial charge in [0.2, 0.25) is 0 Å². The average molecular weight is 513 g/mol. The monoisotopic (exact) mass is 512 g/mol. The number of ketones is 1. The number of pyridine rings is 1. The molecular weight excluding hydrogens is 490 g/mol. The lowest BCUT2D eigenvalue weighted by Crippen LogP contribution is -2.30. The maximum atomic E-state index is 14.8. The third-order valence-corrected chi connectivity index (χ3v) is 6.27. The second-order valence-electron chi connectivity index (χ2n) is 8.77. The first kappa shape index (κ1) is 24.8. The molecule has 0 bridgehead atoms. The minimum atomic E-state index is -1.23. The SMILES string of the molecule is Cc1cc(/C(O)=C2\C(=O)C(=O)N(c3ccc(F)cc3F)C2c2ccccn2)ccc1OCc1ccccc1. The molecule has 8 heteroatoms. The van der Waals surface area contributed by atoms with Gasteiger partial charge in [-0.15, -0.1) is 0 Å². The van der Waals surface area contributed by atoms with Crippen molar-refractivity contribution in [1.82, 2.24) is 4.98 Å². The Morgan fingerprint density at radius 1 is 0.974 bits per heavy atom. The number of anilines is 1. The van der Waals surface area contributed by atoms with Crippen molar-refractivity contribution in [2.24, 2.45) is 0 Å². The molecule has 1 fully saturated rings. The summed E-state index contributed by atoms with van der Waals surface area (Å²) in [7, 11) is 0. The molecule has 0 spiro atoms. The first-order chi connectivity index (χ1) is 18.3. The summed E-state index contributed by atoms with van der Waals surface area (Å²) in [5.41, 5.74) is 1.63. The molecular formula is C30H22F2N2O4. The third-order valence-electron chi connectivity index (χ3n) is 6.27. The Morgan fingerprint density at radius 3 is 2.42 bits per heavy atom.